The van der Waals surface area contributed by atoms with Crippen LogP contribution in [0.4, 0.5) is 10.6 Å². The Morgan fingerprint density at radius 3 is 2.44 bits per heavy atom. The van der Waals surface area contributed by atoms with Gasteiger partial charge in [0.25, 0.3) is 5.91 Å². The second kappa shape index (κ2) is 8.64. The lowest BCUT2D eigenvalue weighted by molar-refractivity contribution is 0.0706. The van der Waals surface area contributed by atoms with Crippen molar-refractivity contribution in [2.75, 3.05) is 18.0 Å². The number of likely N-dealkylation sites (tertiary alicyclic amines) is 1. The number of nitrogens with one attached hydrogen (secondary N) is 1. The normalized spacial score (nSPS) is 13.9. The molecular formula is C20H24N4O3. The molecule has 2 heterocycles. The summed E-state index contributed by atoms with van der Waals surface area (Å²) < 4.78 is 0. The van der Waals surface area contributed by atoms with E-state index in [4.69, 9.17) is 5.21 Å². The minimum Gasteiger partial charge on any atom is -0.324 e. The number of hydrogen-bond acceptors (Lipinski definition) is 4. The Morgan fingerprint density at radius 2 is 1.81 bits per heavy atom. The number of anilines is 1. The summed E-state index contributed by atoms with van der Waals surface area (Å²) in [4.78, 5) is 32.7. The fourth-order valence-corrected chi connectivity index (χ4v) is 3.19. The average molecular weight is 368 g/mol. The van der Waals surface area contributed by atoms with Gasteiger partial charge in [-0.25, -0.2) is 15.3 Å². The van der Waals surface area contributed by atoms with Crippen molar-refractivity contribution in [3.63, 3.8) is 0 Å². The number of rotatable bonds is 4. The minimum atomic E-state index is -0.567. The third-order valence-corrected chi connectivity index (χ3v) is 4.67. The molecule has 3 amide bonds. The summed E-state index contributed by atoms with van der Waals surface area (Å²) in [7, 11) is 0. The number of aromatic nitrogens is 1. The minimum absolute atomic E-state index is 0.0509. The Morgan fingerprint density at radius 1 is 1.11 bits per heavy atom. The number of carbonyl (C=O) groups is 2. The van der Waals surface area contributed by atoms with Crippen LogP contribution in [0.2, 0.25) is 0 Å². The summed E-state index contributed by atoms with van der Waals surface area (Å²) in [6.45, 7) is 3.77. The Labute approximate surface area is 158 Å². The number of nitrogens with zero attached hydrogens (tertiary/aromatic N) is 3. The molecule has 1 fully saturated rings. The van der Waals surface area contributed by atoms with Gasteiger partial charge in [-0.3, -0.25) is 14.9 Å². The predicted molar refractivity (Wildman–Crippen MR) is 102 cm³/mol. The first-order valence-electron chi connectivity index (χ1n) is 9.12. The van der Waals surface area contributed by atoms with Crippen LogP contribution in [-0.2, 0) is 6.54 Å². The molecule has 1 aliphatic rings. The Hall–Kier alpha value is -2.93. The van der Waals surface area contributed by atoms with Gasteiger partial charge in [-0.2, -0.15) is 0 Å². The van der Waals surface area contributed by atoms with Crippen LogP contribution in [0.3, 0.4) is 0 Å². The molecule has 1 aliphatic heterocycles. The first kappa shape index (κ1) is 18.8. The maximum absolute atomic E-state index is 13.2. The van der Waals surface area contributed by atoms with Crippen molar-refractivity contribution >= 4 is 17.8 Å². The van der Waals surface area contributed by atoms with Crippen molar-refractivity contribution in [2.45, 2.75) is 32.7 Å². The van der Waals surface area contributed by atoms with Crippen LogP contribution in [-0.4, -0.2) is 40.1 Å². The summed E-state index contributed by atoms with van der Waals surface area (Å²) in [5, 5.41) is 8.73. The molecule has 0 saturated carbocycles. The van der Waals surface area contributed by atoms with E-state index in [0.717, 1.165) is 43.6 Å². The summed E-state index contributed by atoms with van der Waals surface area (Å²) in [5.74, 6) is 0.0471. The number of pyridine rings is 1. The highest BCUT2D eigenvalue weighted by Gasteiger charge is 2.25. The van der Waals surface area contributed by atoms with E-state index >= 15 is 0 Å². The lowest BCUT2D eigenvalue weighted by Crippen LogP contribution is -2.45. The van der Waals surface area contributed by atoms with Crippen LogP contribution < -0.4 is 10.4 Å². The largest absolute Gasteiger partial charge is 0.325 e. The molecule has 2 N–H and O–H groups in total. The van der Waals surface area contributed by atoms with Crippen LogP contribution in [0.15, 0.2) is 42.5 Å². The topological polar surface area (TPSA) is 85.8 Å². The van der Waals surface area contributed by atoms with Crippen molar-refractivity contribution in [1.82, 2.24) is 15.4 Å². The second-order valence-corrected chi connectivity index (χ2v) is 6.69. The molecule has 0 spiro atoms. The maximum atomic E-state index is 13.2. The lowest BCUT2D eigenvalue weighted by atomic mass is 10.1. The molecule has 0 aliphatic carbocycles. The van der Waals surface area contributed by atoms with Gasteiger partial charge in [-0.05, 0) is 56.0 Å². The number of benzene rings is 1. The van der Waals surface area contributed by atoms with Gasteiger partial charge < -0.3 is 4.90 Å². The molecule has 0 radical (unpaired) electrons. The Kier molecular flexibility index (Phi) is 6.03. The van der Waals surface area contributed by atoms with E-state index in [1.54, 1.807) is 34.6 Å². The highest BCUT2D eigenvalue weighted by molar-refractivity contribution is 5.93. The fourth-order valence-electron chi connectivity index (χ4n) is 3.19. The number of piperidine rings is 1. The van der Waals surface area contributed by atoms with Crippen molar-refractivity contribution < 1.29 is 14.8 Å². The van der Waals surface area contributed by atoms with E-state index in [0.29, 0.717) is 17.9 Å². The molecule has 1 saturated heterocycles. The number of hydroxylamine groups is 1. The Bertz CT molecular complexity index is 801. The molecule has 27 heavy (non-hydrogen) atoms. The fraction of sp³-hybridized carbons (Fsp3) is 0.350. The van der Waals surface area contributed by atoms with E-state index in [9.17, 15) is 9.59 Å². The first-order chi connectivity index (χ1) is 13.1. The second-order valence-electron chi connectivity index (χ2n) is 6.69. The molecule has 2 aromatic rings. The van der Waals surface area contributed by atoms with E-state index in [-0.39, 0.29) is 6.03 Å². The number of amides is 3. The summed E-state index contributed by atoms with van der Waals surface area (Å²) in [6, 6.07) is 12.4. The number of urea groups is 1. The molecule has 0 unspecified atom stereocenters. The molecule has 3 rings (SSSR count). The zero-order valence-electron chi connectivity index (χ0n) is 15.4. The molecule has 0 atom stereocenters. The van der Waals surface area contributed by atoms with Crippen LogP contribution in [0.25, 0.3) is 0 Å². The SMILES string of the molecule is Cc1cccc(N(Cc2ccc(C(=O)NO)cc2)C(=O)N2CCCCC2)n1. The lowest BCUT2D eigenvalue weighted by Gasteiger charge is -2.32. The van der Waals surface area contributed by atoms with Crippen molar-refractivity contribution in [1.29, 1.82) is 0 Å². The smallest absolute Gasteiger partial charge is 0.324 e. The van der Waals surface area contributed by atoms with Gasteiger partial charge in [0.1, 0.15) is 5.82 Å². The molecule has 0 bridgehead atoms. The first-order valence-corrected chi connectivity index (χ1v) is 9.12. The third-order valence-electron chi connectivity index (χ3n) is 4.67. The van der Waals surface area contributed by atoms with Crippen molar-refractivity contribution in [2.24, 2.45) is 0 Å². The molecule has 142 valence electrons. The van der Waals surface area contributed by atoms with E-state index in [2.05, 4.69) is 4.98 Å². The quantitative estimate of drug-likeness (QED) is 0.641. The highest BCUT2D eigenvalue weighted by Crippen LogP contribution is 2.20. The van der Waals surface area contributed by atoms with Crippen LogP contribution in [0.5, 0.6) is 0 Å². The highest BCUT2D eigenvalue weighted by atomic mass is 16.5. The number of carbonyl (C=O) groups excluding carboxylic acids is 2. The molecule has 1 aromatic heterocycles. The van der Waals surface area contributed by atoms with E-state index in [1.807, 2.05) is 30.0 Å². The molecule has 7 heteroatoms. The average Bonchev–Trinajstić information content (AvgIpc) is 2.72. The van der Waals surface area contributed by atoms with Crippen LogP contribution in [0, 0.1) is 6.92 Å². The summed E-state index contributed by atoms with van der Waals surface area (Å²) >= 11 is 0. The van der Waals surface area contributed by atoms with Gasteiger partial charge >= 0.3 is 6.03 Å². The molecule has 1 aromatic carbocycles. The zero-order chi connectivity index (χ0) is 19.2. The third kappa shape index (κ3) is 4.62. The predicted octanol–water partition coefficient (Wildman–Crippen LogP) is 3.12. The van der Waals surface area contributed by atoms with Gasteiger partial charge in [-0.1, -0.05) is 18.2 Å². The van der Waals surface area contributed by atoms with E-state index < -0.39 is 5.91 Å². The van der Waals surface area contributed by atoms with Gasteiger partial charge in [0, 0.05) is 24.3 Å². The van der Waals surface area contributed by atoms with Crippen LogP contribution >= 0.6 is 0 Å². The number of hydrogen-bond donors (Lipinski definition) is 2. The number of aryl methyl sites for hydroxylation is 1. The summed E-state index contributed by atoms with van der Waals surface area (Å²) in [5.41, 5.74) is 3.68. The monoisotopic (exact) mass is 368 g/mol. The zero-order valence-corrected chi connectivity index (χ0v) is 15.4. The van der Waals surface area contributed by atoms with Gasteiger partial charge in [0.15, 0.2) is 0 Å². The van der Waals surface area contributed by atoms with Gasteiger partial charge in [-0.15, -0.1) is 0 Å². The van der Waals surface area contributed by atoms with Crippen LogP contribution in [0.1, 0.15) is 40.9 Å². The summed E-state index contributed by atoms with van der Waals surface area (Å²) in [6.07, 6.45) is 3.19. The molecule has 7 nitrogen and oxygen atoms in total. The Balaban J connectivity index is 1.85. The van der Waals surface area contributed by atoms with Crippen molar-refractivity contribution in [3.8, 4) is 0 Å². The molecular weight excluding hydrogens is 344 g/mol. The van der Waals surface area contributed by atoms with Gasteiger partial charge in [0.05, 0.1) is 6.54 Å². The standard InChI is InChI=1S/C20H24N4O3/c1-15-6-5-7-18(21-15)24(20(26)23-12-3-2-4-13-23)14-16-8-10-17(11-9-16)19(25)22-27/h5-11,27H,2-4,12-14H2,1H3,(H,22,25). The maximum Gasteiger partial charge on any atom is 0.325 e. The van der Waals surface area contributed by atoms with Crippen molar-refractivity contribution in [3.05, 3.63) is 59.3 Å². The van der Waals surface area contributed by atoms with Gasteiger partial charge in [0.2, 0.25) is 0 Å². The van der Waals surface area contributed by atoms with E-state index in [1.165, 1.54) is 0 Å².